The van der Waals surface area contributed by atoms with Gasteiger partial charge in [0, 0.05) is 17.4 Å². The molecule has 1 aromatic heterocycles. The minimum atomic E-state index is -3.03. The maximum atomic E-state index is 11.8. The molecule has 0 amide bonds. The highest BCUT2D eigenvalue weighted by atomic mass is 32.2. The predicted octanol–water partition coefficient (Wildman–Crippen LogP) is 1.96. The molecule has 2 aromatic rings. The molecule has 20 heavy (non-hydrogen) atoms. The van der Waals surface area contributed by atoms with Crippen LogP contribution in [0.25, 0.3) is 11.1 Å². The number of aryl methyl sites for hydroxylation is 1. The topological polar surface area (TPSA) is 78.0 Å². The van der Waals surface area contributed by atoms with Crippen molar-refractivity contribution in [1.82, 2.24) is 9.78 Å². The Morgan fingerprint density at radius 3 is 2.45 bits per heavy atom. The average Bonchev–Trinajstić information content (AvgIpc) is 2.86. The molecule has 0 unspecified atom stereocenters. The van der Waals surface area contributed by atoms with Gasteiger partial charge in [0.15, 0.2) is 9.84 Å². The molecule has 0 aliphatic carbocycles. The van der Waals surface area contributed by atoms with Gasteiger partial charge in [-0.15, -0.1) is 0 Å². The third kappa shape index (κ3) is 3.39. The zero-order valence-corrected chi connectivity index (χ0v) is 12.5. The number of nitrogens with zero attached hydrogens (tertiary/aromatic N) is 2. The second-order valence-electron chi connectivity index (χ2n) is 5.03. The van der Waals surface area contributed by atoms with Crippen LogP contribution in [0.3, 0.4) is 0 Å². The van der Waals surface area contributed by atoms with Gasteiger partial charge in [-0.25, -0.2) is 8.42 Å². The Kier molecular flexibility index (Phi) is 4.13. The molecule has 6 heteroatoms. The molecule has 0 spiro atoms. The fourth-order valence-corrected chi connectivity index (χ4v) is 2.68. The molecule has 1 aromatic carbocycles. The first kappa shape index (κ1) is 14.6. The molecule has 5 nitrogen and oxygen atoms in total. The standard InChI is InChI=1S/C14H19N3O2S/c1-11(2)20(18,19)8-7-17-10-13(9-16-17)12-3-5-14(15)6-4-12/h3-6,9-11H,7-8,15H2,1-2H3. The number of sulfone groups is 1. The van der Waals surface area contributed by atoms with Crippen LogP contribution in [0, 0.1) is 0 Å². The fourth-order valence-electron chi connectivity index (χ4n) is 1.77. The first-order valence-electron chi connectivity index (χ1n) is 6.48. The van der Waals surface area contributed by atoms with Crippen LogP contribution in [-0.4, -0.2) is 29.2 Å². The summed E-state index contributed by atoms with van der Waals surface area (Å²) in [6, 6.07) is 7.49. The van der Waals surface area contributed by atoms with Gasteiger partial charge in [-0.2, -0.15) is 5.10 Å². The maximum absolute atomic E-state index is 11.8. The van der Waals surface area contributed by atoms with Crippen LogP contribution < -0.4 is 5.73 Å². The van der Waals surface area contributed by atoms with E-state index in [-0.39, 0.29) is 11.0 Å². The summed E-state index contributed by atoms with van der Waals surface area (Å²) < 4.78 is 25.2. The summed E-state index contributed by atoms with van der Waals surface area (Å²) in [6.07, 6.45) is 3.58. The van der Waals surface area contributed by atoms with E-state index >= 15 is 0 Å². The van der Waals surface area contributed by atoms with Gasteiger partial charge in [0.2, 0.25) is 0 Å². The van der Waals surface area contributed by atoms with E-state index in [1.165, 1.54) is 0 Å². The van der Waals surface area contributed by atoms with Crippen LogP contribution >= 0.6 is 0 Å². The Hall–Kier alpha value is -1.82. The van der Waals surface area contributed by atoms with Crippen LogP contribution in [0.4, 0.5) is 5.69 Å². The van der Waals surface area contributed by atoms with E-state index in [4.69, 9.17) is 5.73 Å². The number of hydrogen-bond acceptors (Lipinski definition) is 4. The minimum Gasteiger partial charge on any atom is -0.399 e. The van der Waals surface area contributed by atoms with Crippen LogP contribution in [-0.2, 0) is 16.4 Å². The molecular weight excluding hydrogens is 274 g/mol. The summed E-state index contributed by atoms with van der Waals surface area (Å²) in [4.78, 5) is 0. The zero-order chi connectivity index (χ0) is 14.8. The third-order valence-electron chi connectivity index (χ3n) is 3.20. The lowest BCUT2D eigenvalue weighted by Crippen LogP contribution is -2.21. The highest BCUT2D eigenvalue weighted by Crippen LogP contribution is 2.19. The Balaban J connectivity index is 2.08. The van der Waals surface area contributed by atoms with E-state index in [1.807, 2.05) is 30.5 Å². The average molecular weight is 293 g/mol. The van der Waals surface area contributed by atoms with Crippen molar-refractivity contribution in [2.75, 3.05) is 11.5 Å². The number of anilines is 1. The van der Waals surface area contributed by atoms with Crippen LogP contribution in [0.15, 0.2) is 36.7 Å². The summed E-state index contributed by atoms with van der Waals surface area (Å²) in [6.45, 7) is 3.76. The summed E-state index contributed by atoms with van der Waals surface area (Å²) in [7, 11) is -3.03. The first-order valence-corrected chi connectivity index (χ1v) is 8.20. The molecule has 0 saturated carbocycles. The van der Waals surface area contributed by atoms with Gasteiger partial charge >= 0.3 is 0 Å². The molecule has 2 rings (SSSR count). The Labute approximate surface area is 119 Å². The van der Waals surface area contributed by atoms with E-state index in [0.717, 1.165) is 11.1 Å². The van der Waals surface area contributed by atoms with Gasteiger partial charge in [-0.3, -0.25) is 4.68 Å². The minimum absolute atomic E-state index is 0.105. The molecule has 0 saturated heterocycles. The van der Waals surface area contributed by atoms with Gasteiger partial charge in [0.05, 0.1) is 23.7 Å². The van der Waals surface area contributed by atoms with Gasteiger partial charge in [0.25, 0.3) is 0 Å². The van der Waals surface area contributed by atoms with Crippen molar-refractivity contribution in [2.45, 2.75) is 25.6 Å². The largest absolute Gasteiger partial charge is 0.399 e. The van der Waals surface area contributed by atoms with Crippen molar-refractivity contribution in [3.8, 4) is 11.1 Å². The van der Waals surface area contributed by atoms with Crippen LogP contribution in [0.5, 0.6) is 0 Å². The summed E-state index contributed by atoms with van der Waals surface area (Å²) in [5.74, 6) is 0.105. The van der Waals surface area contributed by atoms with Crippen molar-refractivity contribution < 1.29 is 8.42 Å². The molecule has 108 valence electrons. The van der Waals surface area contributed by atoms with Crippen molar-refractivity contribution in [2.24, 2.45) is 0 Å². The smallest absolute Gasteiger partial charge is 0.154 e. The SMILES string of the molecule is CC(C)S(=O)(=O)CCn1cc(-c2ccc(N)cc2)cn1. The number of rotatable bonds is 5. The van der Waals surface area contributed by atoms with Gasteiger partial charge in [-0.1, -0.05) is 12.1 Å². The lowest BCUT2D eigenvalue weighted by molar-refractivity contribution is 0.573. The highest BCUT2D eigenvalue weighted by molar-refractivity contribution is 7.91. The quantitative estimate of drug-likeness (QED) is 0.855. The predicted molar refractivity (Wildman–Crippen MR) is 81.0 cm³/mol. The molecule has 2 N–H and O–H groups in total. The third-order valence-corrected chi connectivity index (χ3v) is 5.39. The molecule has 0 aliphatic rings. The van der Waals surface area contributed by atoms with E-state index in [9.17, 15) is 8.42 Å². The molecule has 0 atom stereocenters. The first-order chi connectivity index (χ1) is 9.38. The molecule has 0 bridgehead atoms. The number of nitrogen functional groups attached to an aromatic ring is 1. The second kappa shape index (κ2) is 5.66. The number of hydrogen-bond donors (Lipinski definition) is 1. The zero-order valence-electron chi connectivity index (χ0n) is 11.7. The fraction of sp³-hybridized carbons (Fsp3) is 0.357. The van der Waals surface area contributed by atoms with E-state index < -0.39 is 9.84 Å². The Bertz CT molecular complexity index is 673. The molecule has 0 fully saturated rings. The summed E-state index contributed by atoms with van der Waals surface area (Å²) in [5.41, 5.74) is 8.32. The summed E-state index contributed by atoms with van der Waals surface area (Å²) >= 11 is 0. The number of aromatic nitrogens is 2. The molecule has 1 heterocycles. The van der Waals surface area contributed by atoms with Crippen molar-refractivity contribution in [3.63, 3.8) is 0 Å². The van der Waals surface area contributed by atoms with E-state index in [0.29, 0.717) is 12.2 Å². The van der Waals surface area contributed by atoms with E-state index in [2.05, 4.69) is 5.10 Å². The molecule has 0 radical (unpaired) electrons. The number of benzene rings is 1. The molecular formula is C14H19N3O2S. The van der Waals surface area contributed by atoms with Crippen LogP contribution in [0.2, 0.25) is 0 Å². The normalized spacial score (nSPS) is 11.9. The van der Waals surface area contributed by atoms with Gasteiger partial charge in [0.1, 0.15) is 0 Å². The maximum Gasteiger partial charge on any atom is 0.154 e. The Morgan fingerprint density at radius 2 is 1.85 bits per heavy atom. The van der Waals surface area contributed by atoms with Gasteiger partial charge < -0.3 is 5.73 Å². The molecule has 0 aliphatic heterocycles. The lowest BCUT2D eigenvalue weighted by atomic mass is 10.1. The second-order valence-corrected chi connectivity index (χ2v) is 7.71. The van der Waals surface area contributed by atoms with Gasteiger partial charge in [-0.05, 0) is 31.5 Å². The van der Waals surface area contributed by atoms with Crippen LogP contribution in [0.1, 0.15) is 13.8 Å². The Morgan fingerprint density at radius 1 is 1.20 bits per heavy atom. The summed E-state index contributed by atoms with van der Waals surface area (Å²) in [5, 5.41) is 3.85. The van der Waals surface area contributed by atoms with Crippen molar-refractivity contribution >= 4 is 15.5 Å². The highest BCUT2D eigenvalue weighted by Gasteiger charge is 2.16. The monoisotopic (exact) mass is 293 g/mol. The van der Waals surface area contributed by atoms with Crippen molar-refractivity contribution in [3.05, 3.63) is 36.7 Å². The lowest BCUT2D eigenvalue weighted by Gasteiger charge is -2.07. The van der Waals surface area contributed by atoms with E-state index in [1.54, 1.807) is 24.7 Å². The van der Waals surface area contributed by atoms with Crippen molar-refractivity contribution in [1.29, 1.82) is 0 Å². The number of nitrogens with two attached hydrogens (primary N) is 1.